The smallest absolute Gasteiger partial charge is 0.155 e. The van der Waals surface area contributed by atoms with E-state index in [0.717, 1.165) is 0 Å². The first-order valence-electron chi connectivity index (χ1n) is 16.0. The van der Waals surface area contributed by atoms with E-state index >= 15 is 4.79 Å². The van der Waals surface area contributed by atoms with E-state index in [1.54, 1.807) is 0 Å². The normalized spacial score (nSPS) is 26.5. The summed E-state index contributed by atoms with van der Waals surface area (Å²) < 4.78 is 0. The SMILES string of the molecule is CC(C)(C)C1=CC(=C2C=CC=CC2Br)C=C(C(C)(C)C)C1C(=O)C1C(C(C)(C)C)=CC(=C2C=CC=CC2Br)C=C1C(C)(C)C. The van der Waals surface area contributed by atoms with Gasteiger partial charge in [0.2, 0.25) is 0 Å². The first-order valence-corrected chi connectivity index (χ1v) is 17.8. The van der Waals surface area contributed by atoms with E-state index in [1.807, 2.05) is 0 Å². The van der Waals surface area contributed by atoms with E-state index in [4.69, 9.17) is 0 Å². The number of hydrogen-bond acceptors (Lipinski definition) is 1. The van der Waals surface area contributed by atoms with E-state index in [2.05, 4.69) is 188 Å². The summed E-state index contributed by atoms with van der Waals surface area (Å²) in [6.45, 7) is 27.2. The Kier molecular flexibility index (Phi) is 9.78. The lowest BCUT2D eigenvalue weighted by Gasteiger charge is -2.45. The summed E-state index contributed by atoms with van der Waals surface area (Å²) in [5.74, 6) is -0.325. The number of Topliss-reactive ketones (excluding diaryl/α,β-unsaturated/α-hetero) is 1. The second kappa shape index (κ2) is 12.3. The van der Waals surface area contributed by atoms with Gasteiger partial charge in [0.15, 0.2) is 5.78 Å². The van der Waals surface area contributed by atoms with Crippen molar-refractivity contribution in [3.05, 3.63) is 117 Å². The lowest BCUT2D eigenvalue weighted by Crippen LogP contribution is -2.41. The van der Waals surface area contributed by atoms with Crippen LogP contribution in [-0.2, 0) is 4.79 Å². The molecule has 4 aliphatic rings. The van der Waals surface area contributed by atoms with Crippen LogP contribution in [-0.4, -0.2) is 15.4 Å². The van der Waals surface area contributed by atoms with E-state index in [-0.39, 0.29) is 43.2 Å². The zero-order valence-electron chi connectivity index (χ0n) is 28.9. The van der Waals surface area contributed by atoms with Crippen molar-refractivity contribution in [2.75, 3.05) is 0 Å². The summed E-state index contributed by atoms with van der Waals surface area (Å²) in [4.78, 5) is 15.9. The van der Waals surface area contributed by atoms with Crippen molar-refractivity contribution in [2.45, 2.75) is 92.7 Å². The van der Waals surface area contributed by atoms with E-state index in [0.29, 0.717) is 5.78 Å². The number of alkyl halides is 2. The molecule has 0 aromatic heterocycles. The molecule has 0 amide bonds. The predicted molar refractivity (Wildman–Crippen MR) is 198 cm³/mol. The molecule has 2 unspecified atom stereocenters. The summed E-state index contributed by atoms with van der Waals surface area (Å²) in [6, 6.07) is 0. The number of carbonyl (C=O) groups is 1. The largest absolute Gasteiger partial charge is 0.298 e. The minimum atomic E-state index is -0.312. The molecular formula is C41H52Br2O. The molecule has 236 valence electrons. The molecule has 0 aromatic carbocycles. The molecule has 4 aliphatic carbocycles. The van der Waals surface area contributed by atoms with Gasteiger partial charge in [0, 0.05) is 0 Å². The van der Waals surface area contributed by atoms with E-state index in [9.17, 15) is 0 Å². The lowest BCUT2D eigenvalue weighted by molar-refractivity contribution is -0.124. The molecule has 3 heteroatoms. The third-order valence-corrected chi connectivity index (χ3v) is 10.7. The highest BCUT2D eigenvalue weighted by molar-refractivity contribution is 9.10. The fourth-order valence-corrected chi connectivity index (χ4v) is 7.86. The van der Waals surface area contributed by atoms with Crippen LogP contribution >= 0.6 is 31.9 Å². The molecule has 0 saturated heterocycles. The fraction of sp³-hybridized carbons (Fsp3) is 0.488. The Balaban J connectivity index is 2.01. The van der Waals surface area contributed by atoms with Gasteiger partial charge in [-0.25, -0.2) is 0 Å². The average molecular weight is 721 g/mol. The maximum absolute atomic E-state index is 15.6. The Bertz CT molecular complexity index is 1330. The van der Waals surface area contributed by atoms with Crippen molar-refractivity contribution in [3.63, 3.8) is 0 Å². The molecule has 0 bridgehead atoms. The van der Waals surface area contributed by atoms with Crippen LogP contribution < -0.4 is 0 Å². The molecule has 0 spiro atoms. The van der Waals surface area contributed by atoms with Crippen molar-refractivity contribution >= 4 is 37.6 Å². The van der Waals surface area contributed by atoms with Gasteiger partial charge in [0.05, 0.1) is 21.5 Å². The van der Waals surface area contributed by atoms with E-state index < -0.39 is 0 Å². The Morgan fingerprint density at radius 1 is 0.500 bits per heavy atom. The van der Waals surface area contributed by atoms with Crippen LogP contribution in [0.5, 0.6) is 0 Å². The highest BCUT2D eigenvalue weighted by Crippen LogP contribution is 2.53. The second-order valence-corrected chi connectivity index (χ2v) is 18.8. The summed E-state index contributed by atoms with van der Waals surface area (Å²) in [5, 5.41) is 0. The van der Waals surface area contributed by atoms with Gasteiger partial charge < -0.3 is 0 Å². The van der Waals surface area contributed by atoms with Crippen molar-refractivity contribution in [2.24, 2.45) is 33.5 Å². The van der Waals surface area contributed by atoms with E-state index in [1.165, 1.54) is 44.6 Å². The second-order valence-electron chi connectivity index (χ2n) is 16.8. The van der Waals surface area contributed by atoms with Crippen LogP contribution in [0.2, 0.25) is 0 Å². The molecule has 4 rings (SSSR count). The third-order valence-electron chi connectivity index (χ3n) is 9.12. The zero-order chi connectivity index (χ0) is 33.0. The quantitative estimate of drug-likeness (QED) is 0.260. The molecular weight excluding hydrogens is 668 g/mol. The Labute approximate surface area is 284 Å². The third kappa shape index (κ3) is 7.20. The number of rotatable bonds is 2. The summed E-state index contributed by atoms with van der Waals surface area (Å²) in [6.07, 6.45) is 26.5. The van der Waals surface area contributed by atoms with Crippen molar-refractivity contribution in [1.29, 1.82) is 0 Å². The molecule has 1 nitrogen and oxygen atoms in total. The monoisotopic (exact) mass is 718 g/mol. The van der Waals surface area contributed by atoms with Crippen molar-refractivity contribution in [3.8, 4) is 0 Å². The topological polar surface area (TPSA) is 17.1 Å². The average Bonchev–Trinajstić information content (AvgIpc) is 2.90. The summed E-state index contributed by atoms with van der Waals surface area (Å²) in [5.41, 5.74) is 8.87. The predicted octanol–water partition coefficient (Wildman–Crippen LogP) is 12.1. The van der Waals surface area contributed by atoms with Gasteiger partial charge in [-0.05, 0) is 66.2 Å². The molecule has 0 saturated carbocycles. The maximum atomic E-state index is 15.6. The zero-order valence-corrected chi connectivity index (χ0v) is 32.1. The Morgan fingerprint density at radius 3 is 1.00 bits per heavy atom. The first-order chi connectivity index (χ1) is 20.1. The van der Waals surface area contributed by atoms with Crippen molar-refractivity contribution in [1.82, 2.24) is 0 Å². The fourth-order valence-electron chi connectivity index (χ4n) is 6.68. The molecule has 0 radical (unpaired) electrons. The molecule has 44 heavy (non-hydrogen) atoms. The Morgan fingerprint density at radius 2 is 0.773 bits per heavy atom. The van der Waals surface area contributed by atoms with Gasteiger partial charge in [-0.1, -0.05) is 188 Å². The van der Waals surface area contributed by atoms with Gasteiger partial charge in [0.1, 0.15) is 0 Å². The molecule has 0 heterocycles. The number of allylic oxidation sites excluding steroid dienone is 20. The molecule has 0 aliphatic heterocycles. The minimum absolute atomic E-state index is 0.141. The van der Waals surface area contributed by atoms with Crippen LogP contribution in [0.25, 0.3) is 0 Å². The molecule has 0 aromatic rings. The van der Waals surface area contributed by atoms with Crippen LogP contribution in [0.1, 0.15) is 83.1 Å². The first kappa shape index (κ1) is 34.9. The number of hydrogen-bond donors (Lipinski definition) is 0. The summed E-state index contributed by atoms with van der Waals surface area (Å²) in [7, 11) is 0. The van der Waals surface area contributed by atoms with Crippen LogP contribution in [0.4, 0.5) is 0 Å². The molecule has 0 fully saturated rings. The van der Waals surface area contributed by atoms with Gasteiger partial charge in [0.25, 0.3) is 0 Å². The lowest BCUT2D eigenvalue weighted by atomic mass is 9.58. The number of ketones is 1. The van der Waals surface area contributed by atoms with Crippen LogP contribution in [0.3, 0.4) is 0 Å². The minimum Gasteiger partial charge on any atom is -0.298 e. The van der Waals surface area contributed by atoms with Gasteiger partial charge in [-0.2, -0.15) is 0 Å². The van der Waals surface area contributed by atoms with Crippen LogP contribution in [0.15, 0.2) is 117 Å². The number of carbonyl (C=O) groups excluding carboxylic acids is 1. The van der Waals surface area contributed by atoms with Gasteiger partial charge >= 0.3 is 0 Å². The highest BCUT2D eigenvalue weighted by atomic mass is 79.9. The van der Waals surface area contributed by atoms with Gasteiger partial charge in [-0.15, -0.1) is 0 Å². The highest BCUT2D eigenvalue weighted by Gasteiger charge is 2.47. The summed E-state index contributed by atoms with van der Waals surface area (Å²) >= 11 is 7.77. The van der Waals surface area contributed by atoms with Gasteiger partial charge in [-0.3, -0.25) is 4.79 Å². The standard InChI is InChI=1S/C41H52Br2O/c1-38(2,3)29-21-25(27-17-13-15-19-33(27)42)22-30(39(4,5)6)35(29)37(44)36-31(40(7,8)9)23-26(24-32(36)41(10,11)12)28-18-14-16-20-34(28)43/h13-24,33-36H,1-12H3. The molecule has 2 atom stereocenters. The van der Waals surface area contributed by atoms with Crippen molar-refractivity contribution < 1.29 is 4.79 Å². The number of halogens is 2. The van der Waals surface area contributed by atoms with Crippen LogP contribution in [0, 0.1) is 33.5 Å². The molecule has 0 N–H and O–H groups in total. The Hall–Kier alpha value is -1.97. The maximum Gasteiger partial charge on any atom is 0.155 e.